The Bertz CT molecular complexity index is 377. The summed E-state index contributed by atoms with van der Waals surface area (Å²) in [4.78, 5) is 5.89. The van der Waals surface area contributed by atoms with Crippen LogP contribution < -0.4 is 11.3 Å². The fourth-order valence-corrected chi connectivity index (χ4v) is 2.70. The minimum absolute atomic E-state index is 0.225. The maximum absolute atomic E-state index is 13.9. The molecule has 0 aliphatic heterocycles. The smallest absolute Gasteiger partial charge is 0.146 e. The third kappa shape index (κ3) is 2.53. The summed E-state index contributed by atoms with van der Waals surface area (Å²) in [6.07, 6.45) is 4.56. The molecule has 0 spiro atoms. The van der Waals surface area contributed by atoms with E-state index in [2.05, 4.69) is 29.2 Å². The van der Waals surface area contributed by atoms with E-state index in [1.54, 1.807) is 12.3 Å². The van der Waals surface area contributed by atoms with Crippen LogP contribution in [0.15, 0.2) is 18.5 Å². The van der Waals surface area contributed by atoms with E-state index in [1.807, 2.05) is 14.1 Å². The lowest BCUT2D eigenvalue weighted by molar-refractivity contribution is 0.0864. The maximum Gasteiger partial charge on any atom is 0.146 e. The molecule has 0 saturated heterocycles. The monoisotopic (exact) mass is 254 g/mol. The van der Waals surface area contributed by atoms with Crippen LogP contribution in [0.25, 0.3) is 0 Å². The predicted octanol–water partition coefficient (Wildman–Crippen LogP) is 1.85. The van der Waals surface area contributed by atoms with Crippen molar-refractivity contribution in [2.75, 3.05) is 14.1 Å². The van der Waals surface area contributed by atoms with Gasteiger partial charge < -0.3 is 4.90 Å². The van der Waals surface area contributed by atoms with Crippen molar-refractivity contribution >= 4 is 0 Å². The van der Waals surface area contributed by atoms with Crippen molar-refractivity contribution in [3.8, 4) is 0 Å². The second kappa shape index (κ2) is 6.22. The summed E-state index contributed by atoms with van der Waals surface area (Å²) < 4.78 is 13.9. The van der Waals surface area contributed by atoms with Crippen LogP contribution in [0.4, 0.5) is 4.39 Å². The number of hydrazine groups is 1. The standard InChI is InChI=1S/C13H23FN4/c1-5-13(6-2,18(3)4)12(17-15)10-7-8-16-9-11(10)14/h7-9,12,17H,5-6,15H2,1-4H3. The number of nitrogens with zero attached hydrogens (tertiary/aromatic N) is 2. The highest BCUT2D eigenvalue weighted by molar-refractivity contribution is 5.22. The molecule has 0 saturated carbocycles. The average molecular weight is 254 g/mol. The lowest BCUT2D eigenvalue weighted by Gasteiger charge is -2.45. The fourth-order valence-electron chi connectivity index (χ4n) is 2.70. The van der Waals surface area contributed by atoms with Crippen molar-refractivity contribution in [1.82, 2.24) is 15.3 Å². The van der Waals surface area contributed by atoms with Gasteiger partial charge in [0.2, 0.25) is 0 Å². The summed E-state index contributed by atoms with van der Waals surface area (Å²) in [6, 6.07) is 1.41. The minimum atomic E-state index is -0.325. The molecule has 0 amide bonds. The summed E-state index contributed by atoms with van der Waals surface area (Å²) >= 11 is 0. The number of nitrogens with two attached hydrogens (primary N) is 1. The molecule has 0 aliphatic carbocycles. The molecule has 0 bridgehead atoms. The SMILES string of the molecule is CCC(CC)(C(NN)c1ccncc1F)N(C)C. The predicted molar refractivity (Wildman–Crippen MR) is 71.3 cm³/mol. The third-order valence-electron chi connectivity index (χ3n) is 3.93. The normalized spacial score (nSPS) is 13.9. The Morgan fingerprint density at radius 2 is 2.06 bits per heavy atom. The summed E-state index contributed by atoms with van der Waals surface area (Å²) in [5, 5.41) is 0. The van der Waals surface area contributed by atoms with Crippen molar-refractivity contribution in [3.05, 3.63) is 29.8 Å². The molecule has 1 heterocycles. The second-order valence-corrected chi connectivity index (χ2v) is 4.70. The zero-order valence-corrected chi connectivity index (χ0v) is 11.6. The largest absolute Gasteiger partial charge is 0.302 e. The van der Waals surface area contributed by atoms with Crippen molar-refractivity contribution in [2.45, 2.75) is 38.3 Å². The lowest BCUT2D eigenvalue weighted by atomic mass is 9.80. The van der Waals surface area contributed by atoms with Crippen molar-refractivity contribution in [2.24, 2.45) is 5.84 Å². The van der Waals surface area contributed by atoms with E-state index < -0.39 is 0 Å². The number of halogens is 1. The summed E-state index contributed by atoms with van der Waals surface area (Å²) in [5.74, 6) is 5.36. The first-order valence-electron chi connectivity index (χ1n) is 6.26. The van der Waals surface area contributed by atoms with Gasteiger partial charge in [0.05, 0.1) is 12.2 Å². The Kier molecular flexibility index (Phi) is 5.19. The number of nitrogens with one attached hydrogen (secondary N) is 1. The van der Waals surface area contributed by atoms with Gasteiger partial charge >= 0.3 is 0 Å². The molecule has 1 aromatic rings. The fraction of sp³-hybridized carbons (Fsp3) is 0.615. The lowest BCUT2D eigenvalue weighted by Crippen LogP contribution is -2.54. The van der Waals surface area contributed by atoms with Gasteiger partial charge in [-0.25, -0.2) is 4.39 Å². The van der Waals surface area contributed by atoms with E-state index in [0.29, 0.717) is 5.56 Å². The number of rotatable bonds is 6. The Morgan fingerprint density at radius 1 is 1.44 bits per heavy atom. The van der Waals surface area contributed by atoms with Gasteiger partial charge in [-0.05, 0) is 33.0 Å². The molecule has 18 heavy (non-hydrogen) atoms. The summed E-state index contributed by atoms with van der Waals surface area (Å²) in [5.41, 5.74) is 3.11. The van der Waals surface area contributed by atoms with E-state index in [9.17, 15) is 4.39 Å². The Balaban J connectivity index is 3.27. The molecule has 0 aliphatic rings. The van der Waals surface area contributed by atoms with Crippen molar-refractivity contribution < 1.29 is 4.39 Å². The van der Waals surface area contributed by atoms with Crippen LogP contribution in [0.3, 0.4) is 0 Å². The highest BCUT2D eigenvalue weighted by Gasteiger charge is 2.39. The topological polar surface area (TPSA) is 54.2 Å². The average Bonchev–Trinajstić information content (AvgIpc) is 2.37. The molecule has 0 fully saturated rings. The zero-order valence-electron chi connectivity index (χ0n) is 11.6. The van der Waals surface area contributed by atoms with Crippen LogP contribution in [0.1, 0.15) is 38.3 Å². The van der Waals surface area contributed by atoms with Crippen molar-refractivity contribution in [1.29, 1.82) is 0 Å². The Labute approximate surface area is 108 Å². The van der Waals surface area contributed by atoms with Gasteiger partial charge in [0, 0.05) is 17.3 Å². The van der Waals surface area contributed by atoms with Crippen LogP contribution in [0.5, 0.6) is 0 Å². The highest BCUT2D eigenvalue weighted by Crippen LogP contribution is 2.36. The molecular formula is C13H23FN4. The number of hydrogen-bond donors (Lipinski definition) is 2. The van der Waals surface area contributed by atoms with E-state index in [0.717, 1.165) is 12.8 Å². The molecule has 1 unspecified atom stereocenters. The molecule has 0 aromatic carbocycles. The number of aromatic nitrogens is 1. The van der Waals surface area contributed by atoms with Gasteiger partial charge in [-0.15, -0.1) is 0 Å². The van der Waals surface area contributed by atoms with E-state index in [-0.39, 0.29) is 17.4 Å². The van der Waals surface area contributed by atoms with Gasteiger partial charge in [0.1, 0.15) is 5.82 Å². The molecule has 1 aromatic heterocycles. The highest BCUT2D eigenvalue weighted by atomic mass is 19.1. The van der Waals surface area contributed by atoms with Crippen LogP contribution in [0, 0.1) is 5.82 Å². The first-order valence-corrected chi connectivity index (χ1v) is 6.26. The summed E-state index contributed by atoms with van der Waals surface area (Å²) in [7, 11) is 3.99. The van der Waals surface area contributed by atoms with Crippen LogP contribution in [-0.2, 0) is 0 Å². The van der Waals surface area contributed by atoms with Crippen LogP contribution in [0.2, 0.25) is 0 Å². The molecule has 102 valence electrons. The summed E-state index contributed by atoms with van der Waals surface area (Å²) in [6.45, 7) is 4.18. The molecule has 5 heteroatoms. The molecule has 1 atom stereocenters. The van der Waals surface area contributed by atoms with E-state index in [4.69, 9.17) is 5.84 Å². The quantitative estimate of drug-likeness (QED) is 0.601. The van der Waals surface area contributed by atoms with Crippen LogP contribution in [-0.4, -0.2) is 29.5 Å². The van der Waals surface area contributed by atoms with Gasteiger partial charge in [0.15, 0.2) is 0 Å². The second-order valence-electron chi connectivity index (χ2n) is 4.70. The molecular weight excluding hydrogens is 231 g/mol. The first kappa shape index (κ1) is 15.0. The van der Waals surface area contributed by atoms with Gasteiger partial charge in [0.25, 0.3) is 0 Å². The molecule has 0 radical (unpaired) electrons. The molecule has 3 N–H and O–H groups in total. The Hall–Kier alpha value is -1.04. The van der Waals surface area contributed by atoms with Crippen molar-refractivity contribution in [3.63, 3.8) is 0 Å². The third-order valence-corrected chi connectivity index (χ3v) is 3.93. The van der Waals surface area contributed by atoms with Gasteiger partial charge in [-0.2, -0.15) is 0 Å². The number of hydrogen-bond acceptors (Lipinski definition) is 4. The van der Waals surface area contributed by atoms with Crippen LogP contribution >= 0.6 is 0 Å². The Morgan fingerprint density at radius 3 is 2.44 bits per heavy atom. The minimum Gasteiger partial charge on any atom is -0.302 e. The zero-order chi connectivity index (χ0) is 13.8. The van der Waals surface area contributed by atoms with Gasteiger partial charge in [-0.3, -0.25) is 16.3 Å². The van der Waals surface area contributed by atoms with E-state index in [1.165, 1.54) is 6.20 Å². The number of pyridine rings is 1. The van der Waals surface area contributed by atoms with E-state index >= 15 is 0 Å². The first-order chi connectivity index (χ1) is 8.53. The molecule has 1 rings (SSSR count). The molecule has 4 nitrogen and oxygen atoms in total. The number of likely N-dealkylation sites (N-methyl/N-ethyl adjacent to an activating group) is 1. The maximum atomic E-state index is 13.9. The van der Waals surface area contributed by atoms with Gasteiger partial charge in [-0.1, -0.05) is 13.8 Å².